The number of amides is 1. The van der Waals surface area contributed by atoms with Crippen LogP contribution in [0.3, 0.4) is 0 Å². The Labute approximate surface area is 118 Å². The molecule has 6 heteroatoms. The van der Waals surface area contributed by atoms with Gasteiger partial charge in [0.25, 0.3) is 0 Å². The van der Waals surface area contributed by atoms with Gasteiger partial charge in [-0.3, -0.25) is 9.69 Å². The lowest BCUT2D eigenvalue weighted by molar-refractivity contribution is -0.133. The lowest BCUT2D eigenvalue weighted by Gasteiger charge is -2.25. The Bertz CT molecular complexity index is 495. The maximum Gasteiger partial charge on any atom is 0.374 e. The van der Waals surface area contributed by atoms with Crippen LogP contribution in [0.15, 0.2) is 16.7 Å². The quantitative estimate of drug-likeness (QED) is 0.773. The number of furan rings is 1. The zero-order valence-corrected chi connectivity index (χ0v) is 12.1. The van der Waals surface area contributed by atoms with Gasteiger partial charge in [0.2, 0.25) is 11.7 Å². The van der Waals surface area contributed by atoms with Crippen molar-refractivity contribution in [1.29, 1.82) is 0 Å². The Morgan fingerprint density at radius 1 is 1.50 bits per heavy atom. The molecule has 1 aliphatic rings. The number of carbonyl (C=O) groups is 2. The molecule has 2 rings (SSSR count). The summed E-state index contributed by atoms with van der Waals surface area (Å²) in [6, 6.07) is 1.63. The molecule has 1 saturated heterocycles. The van der Waals surface area contributed by atoms with Crippen molar-refractivity contribution in [2.24, 2.45) is 0 Å². The minimum absolute atomic E-state index is 0.102. The number of hydrogen-bond acceptors (Lipinski definition) is 5. The van der Waals surface area contributed by atoms with Crippen LogP contribution in [0, 0.1) is 0 Å². The van der Waals surface area contributed by atoms with E-state index in [2.05, 4.69) is 9.64 Å². The molecule has 1 aromatic heterocycles. The second kappa shape index (κ2) is 6.09. The van der Waals surface area contributed by atoms with E-state index in [1.807, 2.05) is 0 Å². The normalized spacial score (nSPS) is 19.1. The third-order valence-electron chi connectivity index (χ3n) is 3.58. The first kappa shape index (κ1) is 14.6. The van der Waals surface area contributed by atoms with Gasteiger partial charge in [0.1, 0.15) is 0 Å². The van der Waals surface area contributed by atoms with Crippen molar-refractivity contribution in [1.82, 2.24) is 9.80 Å². The van der Waals surface area contributed by atoms with E-state index in [9.17, 15) is 9.59 Å². The van der Waals surface area contributed by atoms with E-state index < -0.39 is 5.97 Å². The number of hydrogen-bond donors (Lipinski definition) is 0. The van der Waals surface area contributed by atoms with E-state index in [-0.39, 0.29) is 17.7 Å². The number of likely N-dealkylation sites (tertiary alicyclic amines) is 1. The molecule has 6 nitrogen and oxygen atoms in total. The average Bonchev–Trinajstić information content (AvgIpc) is 3.06. The topological polar surface area (TPSA) is 63.0 Å². The number of ether oxygens (including phenoxy) is 1. The lowest BCUT2D eigenvalue weighted by atomic mass is 10.1. The summed E-state index contributed by atoms with van der Waals surface area (Å²) in [5.41, 5.74) is 0.760. The summed E-state index contributed by atoms with van der Waals surface area (Å²) < 4.78 is 9.86. The molecule has 0 bridgehead atoms. The predicted octanol–water partition coefficient (Wildman–Crippen LogP) is 1.12. The van der Waals surface area contributed by atoms with Gasteiger partial charge >= 0.3 is 5.97 Å². The molecule has 110 valence electrons. The van der Waals surface area contributed by atoms with Gasteiger partial charge in [-0.05, 0) is 25.5 Å². The Morgan fingerprint density at radius 2 is 2.25 bits per heavy atom. The molecule has 1 amide bonds. The number of rotatable bonds is 4. The summed E-state index contributed by atoms with van der Waals surface area (Å²) >= 11 is 0. The fourth-order valence-electron chi connectivity index (χ4n) is 2.54. The van der Waals surface area contributed by atoms with E-state index in [1.54, 1.807) is 25.1 Å². The highest BCUT2D eigenvalue weighted by Gasteiger charge is 2.32. The Morgan fingerprint density at radius 3 is 2.90 bits per heavy atom. The lowest BCUT2D eigenvalue weighted by Crippen LogP contribution is -2.42. The zero-order chi connectivity index (χ0) is 14.7. The van der Waals surface area contributed by atoms with Gasteiger partial charge in [0.05, 0.1) is 19.4 Å². The van der Waals surface area contributed by atoms with Crippen molar-refractivity contribution < 1.29 is 18.7 Å². The van der Waals surface area contributed by atoms with Crippen LogP contribution in [0.2, 0.25) is 0 Å². The predicted molar refractivity (Wildman–Crippen MR) is 72.2 cm³/mol. The molecular weight excluding hydrogens is 260 g/mol. The van der Waals surface area contributed by atoms with Crippen molar-refractivity contribution in [2.75, 3.05) is 27.7 Å². The molecule has 1 aliphatic heterocycles. The molecular formula is C14H20N2O4. The van der Waals surface area contributed by atoms with Crippen molar-refractivity contribution in [2.45, 2.75) is 25.4 Å². The first-order valence-electron chi connectivity index (χ1n) is 6.64. The van der Waals surface area contributed by atoms with Gasteiger partial charge in [-0.25, -0.2) is 4.79 Å². The van der Waals surface area contributed by atoms with Gasteiger partial charge in [0, 0.05) is 26.2 Å². The number of likely N-dealkylation sites (N-methyl/N-ethyl adjacent to an activating group) is 1. The molecule has 1 atom stereocenters. The van der Waals surface area contributed by atoms with Crippen molar-refractivity contribution in [3.63, 3.8) is 0 Å². The van der Waals surface area contributed by atoms with Crippen LogP contribution in [0.4, 0.5) is 0 Å². The second-order valence-electron chi connectivity index (χ2n) is 5.13. The SMILES string of the molecule is COC(=O)c1occc1CN1CCCC1C(=O)N(C)C. The van der Waals surface area contributed by atoms with Gasteiger partial charge in [-0.1, -0.05) is 0 Å². The van der Waals surface area contributed by atoms with Gasteiger partial charge < -0.3 is 14.1 Å². The third-order valence-corrected chi connectivity index (χ3v) is 3.58. The standard InChI is InChI=1S/C14H20N2O4/c1-15(2)13(17)11-5-4-7-16(11)9-10-6-8-20-12(10)14(18)19-3/h6,8,11H,4-5,7,9H2,1-3H3. The average molecular weight is 280 g/mol. The van der Waals surface area contributed by atoms with Crippen LogP contribution in [0.25, 0.3) is 0 Å². The first-order valence-corrected chi connectivity index (χ1v) is 6.64. The molecule has 2 heterocycles. The summed E-state index contributed by atoms with van der Waals surface area (Å²) in [5.74, 6) is -0.166. The summed E-state index contributed by atoms with van der Waals surface area (Å²) in [5, 5.41) is 0. The zero-order valence-electron chi connectivity index (χ0n) is 12.1. The van der Waals surface area contributed by atoms with Crippen LogP contribution in [-0.4, -0.2) is 55.5 Å². The van der Waals surface area contributed by atoms with Crippen LogP contribution in [0.1, 0.15) is 29.0 Å². The van der Waals surface area contributed by atoms with E-state index in [4.69, 9.17) is 4.42 Å². The van der Waals surface area contributed by atoms with Crippen LogP contribution < -0.4 is 0 Å². The number of nitrogens with zero attached hydrogens (tertiary/aromatic N) is 2. The van der Waals surface area contributed by atoms with Gasteiger partial charge in [0.15, 0.2) is 0 Å². The number of carbonyl (C=O) groups excluding carboxylic acids is 2. The highest BCUT2D eigenvalue weighted by atomic mass is 16.5. The fourth-order valence-corrected chi connectivity index (χ4v) is 2.54. The van der Waals surface area contributed by atoms with Gasteiger partial charge in [-0.15, -0.1) is 0 Å². The van der Waals surface area contributed by atoms with E-state index in [0.29, 0.717) is 6.54 Å². The summed E-state index contributed by atoms with van der Waals surface area (Å²) in [4.78, 5) is 27.4. The molecule has 1 aromatic rings. The fraction of sp³-hybridized carbons (Fsp3) is 0.571. The third kappa shape index (κ3) is 2.85. The maximum absolute atomic E-state index is 12.1. The Balaban J connectivity index is 2.11. The van der Waals surface area contributed by atoms with E-state index in [0.717, 1.165) is 24.9 Å². The highest BCUT2D eigenvalue weighted by Crippen LogP contribution is 2.23. The number of esters is 1. The van der Waals surface area contributed by atoms with E-state index >= 15 is 0 Å². The molecule has 0 saturated carbocycles. The van der Waals surface area contributed by atoms with Crippen LogP contribution in [-0.2, 0) is 16.1 Å². The molecule has 0 aliphatic carbocycles. The number of methoxy groups -OCH3 is 1. The minimum Gasteiger partial charge on any atom is -0.463 e. The smallest absolute Gasteiger partial charge is 0.374 e. The van der Waals surface area contributed by atoms with Crippen LogP contribution >= 0.6 is 0 Å². The maximum atomic E-state index is 12.1. The molecule has 0 aromatic carbocycles. The Kier molecular flexibility index (Phi) is 4.44. The van der Waals surface area contributed by atoms with Crippen molar-refractivity contribution in [3.8, 4) is 0 Å². The molecule has 0 spiro atoms. The van der Waals surface area contributed by atoms with Crippen LogP contribution in [0.5, 0.6) is 0 Å². The Hall–Kier alpha value is -1.82. The molecule has 0 N–H and O–H groups in total. The molecule has 1 fully saturated rings. The van der Waals surface area contributed by atoms with Crippen molar-refractivity contribution >= 4 is 11.9 Å². The largest absolute Gasteiger partial charge is 0.463 e. The second-order valence-corrected chi connectivity index (χ2v) is 5.13. The monoisotopic (exact) mass is 280 g/mol. The van der Waals surface area contributed by atoms with Gasteiger partial charge in [-0.2, -0.15) is 0 Å². The molecule has 0 radical (unpaired) electrons. The van der Waals surface area contributed by atoms with Crippen molar-refractivity contribution in [3.05, 3.63) is 23.7 Å². The van der Waals surface area contributed by atoms with E-state index in [1.165, 1.54) is 13.4 Å². The summed E-state index contributed by atoms with van der Waals surface area (Å²) in [7, 11) is 4.84. The minimum atomic E-state index is -0.486. The summed E-state index contributed by atoms with van der Waals surface area (Å²) in [6.07, 6.45) is 3.30. The molecule has 1 unspecified atom stereocenters. The molecule has 20 heavy (non-hydrogen) atoms. The first-order chi connectivity index (χ1) is 9.54. The summed E-state index contributed by atoms with van der Waals surface area (Å²) in [6.45, 7) is 1.36. The highest BCUT2D eigenvalue weighted by molar-refractivity contribution is 5.88.